The van der Waals surface area contributed by atoms with Gasteiger partial charge in [-0.15, -0.1) is 0 Å². The van der Waals surface area contributed by atoms with Gasteiger partial charge in [0.2, 0.25) is 0 Å². The molecular formula is C17H23F3N2O2. The van der Waals surface area contributed by atoms with Crippen molar-refractivity contribution in [1.82, 2.24) is 5.32 Å². The zero-order chi connectivity index (χ0) is 18.2. The molecule has 1 rings (SSSR count). The molecule has 1 aromatic rings. The van der Waals surface area contributed by atoms with Crippen molar-refractivity contribution in [1.29, 1.82) is 0 Å². The lowest BCUT2D eigenvalue weighted by Gasteiger charge is -2.15. The van der Waals surface area contributed by atoms with Crippen LogP contribution in [-0.4, -0.2) is 18.4 Å². The first-order valence-corrected chi connectivity index (χ1v) is 8.04. The second-order valence-electron chi connectivity index (χ2n) is 5.66. The Labute approximate surface area is 139 Å². The van der Waals surface area contributed by atoms with Crippen LogP contribution in [0, 0.1) is 5.92 Å². The lowest BCUT2D eigenvalue weighted by molar-refractivity contribution is -0.137. The molecule has 0 aromatic heterocycles. The summed E-state index contributed by atoms with van der Waals surface area (Å²) in [6.07, 6.45) is -0.556. The zero-order valence-corrected chi connectivity index (χ0v) is 13.9. The summed E-state index contributed by atoms with van der Waals surface area (Å²) < 4.78 is 37.9. The summed E-state index contributed by atoms with van der Waals surface area (Å²) in [5, 5.41) is 4.72. The molecule has 1 aromatic carbocycles. The van der Waals surface area contributed by atoms with Crippen molar-refractivity contribution in [3.8, 4) is 0 Å². The molecule has 24 heavy (non-hydrogen) atoms. The number of hydrogen-bond donors (Lipinski definition) is 2. The minimum absolute atomic E-state index is 0.0667. The Balaban J connectivity index is 2.57. The minimum Gasteiger partial charge on any atom is -0.348 e. The lowest BCUT2D eigenvalue weighted by Crippen LogP contribution is -2.38. The average molecular weight is 344 g/mol. The highest BCUT2D eigenvalue weighted by Crippen LogP contribution is 2.30. The molecule has 0 heterocycles. The Morgan fingerprint density at radius 1 is 1.17 bits per heavy atom. The number of anilines is 1. The largest absolute Gasteiger partial charge is 0.416 e. The van der Waals surface area contributed by atoms with Gasteiger partial charge in [-0.3, -0.25) is 9.59 Å². The maximum absolute atomic E-state index is 12.6. The lowest BCUT2D eigenvalue weighted by atomic mass is 9.99. The Kier molecular flexibility index (Phi) is 7.74. The number of halogens is 3. The molecule has 134 valence electrons. The maximum atomic E-state index is 12.6. The average Bonchev–Trinajstić information content (AvgIpc) is 2.54. The van der Waals surface area contributed by atoms with E-state index in [2.05, 4.69) is 17.6 Å². The van der Waals surface area contributed by atoms with E-state index in [9.17, 15) is 22.8 Å². The highest BCUT2D eigenvalue weighted by molar-refractivity contribution is 6.39. The first-order valence-electron chi connectivity index (χ1n) is 8.04. The summed E-state index contributed by atoms with van der Waals surface area (Å²) in [6, 6.07) is 4.17. The fourth-order valence-electron chi connectivity index (χ4n) is 2.22. The van der Waals surface area contributed by atoms with E-state index in [-0.39, 0.29) is 11.6 Å². The van der Waals surface area contributed by atoms with Crippen LogP contribution in [0.25, 0.3) is 0 Å². The van der Waals surface area contributed by atoms with Crippen LogP contribution in [0.4, 0.5) is 18.9 Å². The molecule has 0 bridgehead atoms. The van der Waals surface area contributed by atoms with Gasteiger partial charge >= 0.3 is 18.0 Å². The summed E-state index contributed by atoms with van der Waals surface area (Å²) in [4.78, 5) is 23.6. The second-order valence-corrected chi connectivity index (χ2v) is 5.66. The number of benzene rings is 1. The summed E-state index contributed by atoms with van der Waals surface area (Å²) in [5.74, 6) is -1.53. The number of unbranched alkanes of at least 4 members (excludes halogenated alkanes) is 1. The summed E-state index contributed by atoms with van der Waals surface area (Å²) in [7, 11) is 0. The molecule has 1 atom stereocenters. The fourth-order valence-corrected chi connectivity index (χ4v) is 2.22. The first kappa shape index (κ1) is 20.0. The number of alkyl halides is 3. The van der Waals surface area contributed by atoms with Gasteiger partial charge < -0.3 is 10.6 Å². The van der Waals surface area contributed by atoms with E-state index >= 15 is 0 Å². The third kappa shape index (κ3) is 6.60. The van der Waals surface area contributed by atoms with Crippen molar-refractivity contribution >= 4 is 17.5 Å². The summed E-state index contributed by atoms with van der Waals surface area (Å²) >= 11 is 0. The van der Waals surface area contributed by atoms with Crippen molar-refractivity contribution in [3.63, 3.8) is 0 Å². The third-order valence-corrected chi connectivity index (χ3v) is 3.75. The van der Waals surface area contributed by atoms with Gasteiger partial charge in [0, 0.05) is 12.2 Å². The van der Waals surface area contributed by atoms with Crippen LogP contribution in [0.15, 0.2) is 24.3 Å². The molecule has 4 nitrogen and oxygen atoms in total. The van der Waals surface area contributed by atoms with Gasteiger partial charge in [0.25, 0.3) is 0 Å². The molecule has 2 N–H and O–H groups in total. The molecule has 0 aliphatic carbocycles. The van der Waals surface area contributed by atoms with Crippen LogP contribution in [0.2, 0.25) is 0 Å². The van der Waals surface area contributed by atoms with E-state index in [1.807, 2.05) is 6.92 Å². The molecule has 0 aliphatic heterocycles. The van der Waals surface area contributed by atoms with Crippen LogP contribution in [0.1, 0.15) is 45.1 Å². The van der Waals surface area contributed by atoms with E-state index in [1.54, 1.807) is 0 Å². The zero-order valence-electron chi connectivity index (χ0n) is 13.9. The number of nitrogens with one attached hydrogen (secondary N) is 2. The summed E-state index contributed by atoms with van der Waals surface area (Å²) in [6.45, 7) is 4.47. The number of carbonyl (C=O) groups is 2. The molecular weight excluding hydrogens is 321 g/mol. The van der Waals surface area contributed by atoms with Gasteiger partial charge in [0.05, 0.1) is 5.56 Å². The minimum atomic E-state index is -4.50. The molecule has 0 saturated carbocycles. The molecule has 0 unspecified atom stereocenters. The van der Waals surface area contributed by atoms with Crippen LogP contribution in [0.3, 0.4) is 0 Å². The summed E-state index contributed by atoms with van der Waals surface area (Å²) in [5.41, 5.74) is -0.950. The van der Waals surface area contributed by atoms with Gasteiger partial charge in [-0.2, -0.15) is 13.2 Å². The predicted molar refractivity (Wildman–Crippen MR) is 86.4 cm³/mol. The topological polar surface area (TPSA) is 58.2 Å². The Bertz CT molecular complexity index is 559. The van der Waals surface area contributed by atoms with E-state index in [1.165, 1.54) is 12.1 Å². The van der Waals surface area contributed by atoms with Crippen LogP contribution in [0.5, 0.6) is 0 Å². The van der Waals surface area contributed by atoms with Gasteiger partial charge in [-0.05, 0) is 30.5 Å². The third-order valence-electron chi connectivity index (χ3n) is 3.75. The highest BCUT2D eigenvalue weighted by atomic mass is 19.4. The monoisotopic (exact) mass is 344 g/mol. The van der Waals surface area contributed by atoms with Crippen LogP contribution in [-0.2, 0) is 15.8 Å². The number of amides is 2. The van der Waals surface area contributed by atoms with Gasteiger partial charge in [0.1, 0.15) is 0 Å². The van der Waals surface area contributed by atoms with Crippen molar-refractivity contribution in [2.75, 3.05) is 11.9 Å². The fraction of sp³-hybridized carbons (Fsp3) is 0.529. The predicted octanol–water partition coefficient (Wildman–Crippen LogP) is 3.98. The highest BCUT2D eigenvalue weighted by Gasteiger charge is 2.30. The second kappa shape index (κ2) is 9.30. The molecule has 7 heteroatoms. The van der Waals surface area contributed by atoms with E-state index in [0.29, 0.717) is 6.54 Å². The van der Waals surface area contributed by atoms with Gasteiger partial charge in [0.15, 0.2) is 0 Å². The van der Waals surface area contributed by atoms with Gasteiger partial charge in [-0.1, -0.05) is 39.2 Å². The molecule has 0 fully saturated rings. The van der Waals surface area contributed by atoms with Crippen molar-refractivity contribution < 1.29 is 22.8 Å². The SMILES string of the molecule is CCCC[C@H](CC)CNC(=O)C(=O)Nc1cccc(C(F)(F)F)c1. The molecule has 0 radical (unpaired) electrons. The van der Waals surface area contributed by atoms with E-state index in [0.717, 1.165) is 37.8 Å². The molecule has 0 spiro atoms. The standard InChI is InChI=1S/C17H23F3N2O2/c1-3-5-7-12(4-2)11-21-15(23)16(24)22-14-9-6-8-13(10-14)17(18,19)20/h6,8-10,12H,3-5,7,11H2,1-2H3,(H,21,23)(H,22,24)/t12-/m0/s1. The Morgan fingerprint density at radius 2 is 1.88 bits per heavy atom. The molecule has 2 amide bonds. The van der Waals surface area contributed by atoms with Crippen molar-refractivity contribution in [2.24, 2.45) is 5.92 Å². The van der Waals surface area contributed by atoms with Crippen LogP contribution < -0.4 is 10.6 Å². The number of carbonyl (C=O) groups excluding carboxylic acids is 2. The van der Waals surface area contributed by atoms with Gasteiger partial charge in [-0.25, -0.2) is 0 Å². The van der Waals surface area contributed by atoms with Crippen molar-refractivity contribution in [3.05, 3.63) is 29.8 Å². The molecule has 0 aliphatic rings. The van der Waals surface area contributed by atoms with Crippen LogP contribution >= 0.6 is 0 Å². The smallest absolute Gasteiger partial charge is 0.348 e. The first-order chi connectivity index (χ1) is 11.3. The Hall–Kier alpha value is -2.05. The molecule has 0 saturated heterocycles. The Morgan fingerprint density at radius 3 is 2.46 bits per heavy atom. The normalized spacial score (nSPS) is 12.5. The number of hydrogen-bond acceptors (Lipinski definition) is 2. The maximum Gasteiger partial charge on any atom is 0.416 e. The quantitative estimate of drug-likeness (QED) is 0.735. The number of rotatable bonds is 7. The van der Waals surface area contributed by atoms with Crippen molar-refractivity contribution in [2.45, 2.75) is 45.7 Å². The van der Waals surface area contributed by atoms with E-state index < -0.39 is 23.6 Å². The van der Waals surface area contributed by atoms with E-state index in [4.69, 9.17) is 0 Å².